The van der Waals surface area contributed by atoms with Crippen molar-refractivity contribution in [1.82, 2.24) is 24.2 Å². The van der Waals surface area contributed by atoms with Gasteiger partial charge in [-0.3, -0.25) is 19.1 Å². The van der Waals surface area contributed by atoms with Gasteiger partial charge in [-0.05, 0) is 78.8 Å². The molecule has 0 bridgehead atoms. The zero-order valence-electron chi connectivity index (χ0n) is 27.2. The van der Waals surface area contributed by atoms with Crippen LogP contribution in [-0.2, 0) is 19.1 Å². The predicted octanol–water partition coefficient (Wildman–Crippen LogP) is 4.92. The summed E-state index contributed by atoms with van der Waals surface area (Å²) in [4.78, 5) is 37.8. The first-order valence-electron chi connectivity index (χ1n) is 15.5. The van der Waals surface area contributed by atoms with Crippen LogP contribution in [0.3, 0.4) is 0 Å². The van der Waals surface area contributed by atoms with Crippen LogP contribution in [-0.4, -0.2) is 62.7 Å². The summed E-state index contributed by atoms with van der Waals surface area (Å²) in [5, 5.41) is 18.6. The molecule has 5 aromatic rings. The Bertz CT molecular complexity index is 2120. The summed E-state index contributed by atoms with van der Waals surface area (Å²) in [6, 6.07) is 15.5. The van der Waals surface area contributed by atoms with Crippen molar-refractivity contribution in [3.8, 4) is 16.9 Å². The number of halogens is 1. The molecule has 11 heteroatoms. The Morgan fingerprint density at radius 3 is 2.60 bits per heavy atom. The molecule has 47 heavy (non-hydrogen) atoms. The van der Waals surface area contributed by atoms with Gasteiger partial charge >= 0.3 is 0 Å². The molecule has 0 unspecified atom stereocenters. The van der Waals surface area contributed by atoms with Crippen LogP contribution in [0.5, 0.6) is 0 Å². The van der Waals surface area contributed by atoms with Crippen LogP contribution in [0.4, 0.5) is 15.9 Å². The maximum absolute atomic E-state index is 15.6. The monoisotopic (exact) mass is 635 g/mol. The Morgan fingerprint density at radius 2 is 1.91 bits per heavy atom. The van der Waals surface area contributed by atoms with Gasteiger partial charge in [0.05, 0.1) is 23.4 Å². The fourth-order valence-corrected chi connectivity index (χ4v) is 6.39. The third-order valence-corrected chi connectivity index (χ3v) is 8.97. The highest BCUT2D eigenvalue weighted by atomic mass is 19.1. The molecule has 1 aliphatic heterocycles. The van der Waals surface area contributed by atoms with Crippen molar-refractivity contribution in [3.05, 3.63) is 110 Å². The molecule has 1 atom stereocenters. The fourth-order valence-electron chi connectivity index (χ4n) is 6.39. The van der Waals surface area contributed by atoms with Crippen molar-refractivity contribution in [1.29, 1.82) is 0 Å². The lowest BCUT2D eigenvalue weighted by atomic mass is 9.85. The molecule has 0 radical (unpaired) electrons. The molecular weight excluding hydrogens is 597 g/mol. The summed E-state index contributed by atoms with van der Waals surface area (Å²) in [7, 11) is 5.32. The zero-order chi connectivity index (χ0) is 33.5. The minimum Gasteiger partial charge on any atom is -0.392 e. The number of aryl methyl sites for hydroxylation is 1. The summed E-state index contributed by atoms with van der Waals surface area (Å²) >= 11 is 0. The highest BCUT2D eigenvalue weighted by molar-refractivity contribution is 5.85. The second-order valence-electron chi connectivity index (χ2n) is 12.7. The van der Waals surface area contributed by atoms with Gasteiger partial charge in [0.2, 0.25) is 0 Å². The Labute approximate surface area is 271 Å². The van der Waals surface area contributed by atoms with Gasteiger partial charge in [-0.25, -0.2) is 14.1 Å². The van der Waals surface area contributed by atoms with Crippen molar-refractivity contribution in [2.45, 2.75) is 38.2 Å². The van der Waals surface area contributed by atoms with Crippen LogP contribution < -0.4 is 16.4 Å². The number of aliphatic hydroxyl groups is 1. The average molecular weight is 636 g/mol. The number of benzene rings is 2. The largest absolute Gasteiger partial charge is 0.392 e. The number of likely N-dealkylation sites (tertiary alicyclic amines) is 1. The molecule has 3 aromatic heterocycles. The number of aromatic nitrogens is 4. The molecule has 1 aliphatic rings. The lowest BCUT2D eigenvalue weighted by Crippen LogP contribution is -2.24. The first-order chi connectivity index (χ1) is 22.5. The number of rotatable bonds is 8. The van der Waals surface area contributed by atoms with Gasteiger partial charge < -0.3 is 15.3 Å². The Kier molecular flexibility index (Phi) is 8.61. The van der Waals surface area contributed by atoms with Crippen molar-refractivity contribution in [2.75, 3.05) is 32.5 Å². The van der Waals surface area contributed by atoms with E-state index in [9.17, 15) is 14.7 Å². The number of pyridine rings is 2. The molecule has 1 fully saturated rings. The van der Waals surface area contributed by atoms with Crippen molar-refractivity contribution in [3.63, 3.8) is 0 Å². The molecule has 2 N–H and O–H groups in total. The Hall–Kier alpha value is -5.00. The number of likely N-dealkylation sites (N-methyl/N-ethyl adjacent to an activating group) is 1. The normalized spacial score (nSPS) is 15.6. The number of anilines is 2. The van der Waals surface area contributed by atoms with Gasteiger partial charge in [0.25, 0.3) is 11.1 Å². The van der Waals surface area contributed by atoms with E-state index in [0.717, 1.165) is 25.1 Å². The zero-order valence-corrected chi connectivity index (χ0v) is 27.2. The summed E-state index contributed by atoms with van der Waals surface area (Å²) in [5.41, 5.74) is 2.35. The van der Waals surface area contributed by atoms with Crippen LogP contribution in [0.1, 0.15) is 42.9 Å². The quantitative estimate of drug-likeness (QED) is 0.233. The fraction of sp³-hybridized carbons (Fsp3) is 0.306. The number of hydrogen-bond donors (Lipinski definition) is 2. The summed E-state index contributed by atoms with van der Waals surface area (Å²) < 4.78 is 18.1. The Balaban J connectivity index is 1.38. The molecule has 242 valence electrons. The molecule has 0 aliphatic carbocycles. The minimum atomic E-state index is -0.635. The van der Waals surface area contributed by atoms with Crippen LogP contribution in [0.2, 0.25) is 0 Å². The number of aliphatic hydroxyl groups excluding tert-OH is 1. The van der Waals surface area contributed by atoms with E-state index in [2.05, 4.69) is 32.3 Å². The van der Waals surface area contributed by atoms with Gasteiger partial charge in [-0.1, -0.05) is 32.0 Å². The SMILES string of the molecule is CN=CC(C)(C)c1cc(F)c2c(=O)n(-c3cccc(-c4cc(Nc5ccc([C@@H]6CCN(C)C6)cn5)c(=O)n(C)n4)c3CO)ccc2c1. The molecule has 0 saturated carbocycles. The van der Waals surface area contributed by atoms with E-state index in [1.165, 1.54) is 15.3 Å². The summed E-state index contributed by atoms with van der Waals surface area (Å²) in [6.07, 6.45) is 6.24. The highest BCUT2D eigenvalue weighted by Gasteiger charge is 2.23. The van der Waals surface area contributed by atoms with E-state index in [4.69, 9.17) is 0 Å². The Morgan fingerprint density at radius 1 is 1.11 bits per heavy atom. The van der Waals surface area contributed by atoms with Gasteiger partial charge in [-0.2, -0.15) is 5.10 Å². The predicted molar refractivity (Wildman–Crippen MR) is 184 cm³/mol. The second-order valence-corrected chi connectivity index (χ2v) is 12.7. The molecule has 0 amide bonds. The van der Waals surface area contributed by atoms with Gasteiger partial charge in [-0.15, -0.1) is 0 Å². The molecule has 2 aromatic carbocycles. The molecule has 10 nitrogen and oxygen atoms in total. The summed E-state index contributed by atoms with van der Waals surface area (Å²) in [5.74, 6) is 0.315. The first kappa shape index (κ1) is 32.0. The third kappa shape index (κ3) is 6.11. The molecule has 6 rings (SSSR count). The first-order valence-corrected chi connectivity index (χ1v) is 15.5. The summed E-state index contributed by atoms with van der Waals surface area (Å²) in [6.45, 7) is 5.46. The van der Waals surface area contributed by atoms with Crippen molar-refractivity contribution in [2.24, 2.45) is 12.0 Å². The van der Waals surface area contributed by atoms with Crippen LogP contribution >= 0.6 is 0 Å². The van der Waals surface area contributed by atoms with Crippen LogP contribution in [0.15, 0.2) is 81.6 Å². The molecule has 1 saturated heterocycles. The lowest BCUT2D eigenvalue weighted by molar-refractivity contribution is 0.282. The maximum atomic E-state index is 15.6. The second kappa shape index (κ2) is 12.7. The highest BCUT2D eigenvalue weighted by Crippen LogP contribution is 2.31. The van der Waals surface area contributed by atoms with Crippen molar-refractivity contribution >= 4 is 28.5 Å². The van der Waals surface area contributed by atoms with Crippen LogP contribution in [0.25, 0.3) is 27.7 Å². The van der Waals surface area contributed by atoms with E-state index < -0.39 is 23.4 Å². The van der Waals surface area contributed by atoms with Crippen LogP contribution in [0, 0.1) is 5.82 Å². The molecule has 4 heterocycles. The standard InChI is InChI=1S/C36H38FN7O3/c1-36(2,21-38-3)25-15-22-12-14-44(35(47)33(22)28(37)16-25)31-8-6-7-26(27(31)20-45)29-17-30(34(46)43(5)41-29)40-32-10-9-23(18-39-32)24-11-13-42(4)19-24/h6-10,12,14-18,21,24,45H,11,13,19-20H2,1-5H3,(H,39,40)/t24-/m1/s1. The number of fused-ring (bicyclic) bond motifs is 1. The van der Waals surface area contributed by atoms with Gasteiger partial charge in [0, 0.05) is 55.8 Å². The van der Waals surface area contributed by atoms with E-state index in [1.807, 2.05) is 32.2 Å². The lowest BCUT2D eigenvalue weighted by Gasteiger charge is -2.21. The topological polar surface area (TPSA) is 118 Å². The number of nitrogens with zero attached hydrogens (tertiary/aromatic N) is 6. The van der Waals surface area contributed by atoms with Gasteiger partial charge in [0.15, 0.2) is 0 Å². The number of nitrogens with one attached hydrogen (secondary N) is 1. The average Bonchev–Trinajstić information content (AvgIpc) is 3.49. The van der Waals surface area contributed by atoms with Gasteiger partial charge in [0.1, 0.15) is 17.3 Å². The number of hydrogen-bond acceptors (Lipinski definition) is 8. The third-order valence-electron chi connectivity index (χ3n) is 8.97. The maximum Gasteiger partial charge on any atom is 0.290 e. The van der Waals surface area contributed by atoms with E-state index in [-0.39, 0.29) is 16.6 Å². The minimum absolute atomic E-state index is 0.0556. The van der Waals surface area contributed by atoms with E-state index >= 15 is 4.39 Å². The molecular formula is C36H38FN7O3. The van der Waals surface area contributed by atoms with E-state index in [1.54, 1.807) is 62.9 Å². The van der Waals surface area contributed by atoms with E-state index in [0.29, 0.717) is 45.2 Å². The van der Waals surface area contributed by atoms with Crippen molar-refractivity contribution < 1.29 is 9.50 Å². The smallest absolute Gasteiger partial charge is 0.290 e. The molecule has 0 spiro atoms. The number of aliphatic imine (C=N–C) groups is 1.